The number of aryl methyl sites for hydroxylation is 1. The molecule has 0 unspecified atom stereocenters. The molecule has 0 radical (unpaired) electrons. The van der Waals surface area contributed by atoms with Crippen LogP contribution in [0.3, 0.4) is 0 Å². The Kier molecular flexibility index (Phi) is 4.16. The number of hydrogen-bond donors (Lipinski definition) is 2. The van der Waals surface area contributed by atoms with Crippen LogP contribution < -0.4 is 11.1 Å². The molecule has 0 atom stereocenters. The SMILES string of the molecule is NCCNc1c2c(nc3ccccc13)CCCCCC2. The largest absolute Gasteiger partial charge is 0.383 e. The smallest absolute Gasteiger partial charge is 0.0726 e. The minimum absolute atomic E-state index is 0.658. The van der Waals surface area contributed by atoms with Crippen molar-refractivity contribution in [1.29, 1.82) is 0 Å². The van der Waals surface area contributed by atoms with Gasteiger partial charge >= 0.3 is 0 Å². The highest BCUT2D eigenvalue weighted by Crippen LogP contribution is 2.32. The van der Waals surface area contributed by atoms with Crippen LogP contribution in [-0.2, 0) is 12.8 Å². The molecule has 0 bridgehead atoms. The van der Waals surface area contributed by atoms with Gasteiger partial charge in [-0.3, -0.25) is 4.98 Å². The van der Waals surface area contributed by atoms with Crippen molar-refractivity contribution in [2.24, 2.45) is 5.73 Å². The number of hydrogen-bond acceptors (Lipinski definition) is 3. The number of fused-ring (bicyclic) bond motifs is 2. The third-order valence-corrected chi connectivity index (χ3v) is 4.12. The van der Waals surface area contributed by atoms with Crippen molar-refractivity contribution in [3.05, 3.63) is 35.5 Å². The molecule has 0 fully saturated rings. The number of benzene rings is 1. The predicted molar refractivity (Wildman–Crippen MR) is 85.2 cm³/mol. The lowest BCUT2D eigenvalue weighted by atomic mass is 9.94. The first-order valence-corrected chi connectivity index (χ1v) is 7.74. The normalized spacial score (nSPS) is 15.4. The fourth-order valence-electron chi connectivity index (χ4n) is 3.13. The summed E-state index contributed by atoms with van der Waals surface area (Å²) in [4.78, 5) is 4.91. The minimum Gasteiger partial charge on any atom is -0.383 e. The van der Waals surface area contributed by atoms with Gasteiger partial charge in [0.15, 0.2) is 0 Å². The van der Waals surface area contributed by atoms with Crippen LogP contribution in [0.2, 0.25) is 0 Å². The second-order valence-corrected chi connectivity index (χ2v) is 5.56. The number of nitrogens with two attached hydrogens (primary N) is 1. The van der Waals surface area contributed by atoms with Gasteiger partial charge in [-0.1, -0.05) is 31.0 Å². The first kappa shape index (κ1) is 13.4. The van der Waals surface area contributed by atoms with Gasteiger partial charge < -0.3 is 11.1 Å². The number of nitrogens with zero attached hydrogens (tertiary/aromatic N) is 1. The molecule has 0 saturated heterocycles. The van der Waals surface area contributed by atoms with Crippen molar-refractivity contribution in [2.75, 3.05) is 18.4 Å². The van der Waals surface area contributed by atoms with E-state index in [0.717, 1.165) is 24.9 Å². The zero-order valence-corrected chi connectivity index (χ0v) is 12.0. The Labute approximate surface area is 120 Å². The van der Waals surface area contributed by atoms with Gasteiger partial charge in [-0.25, -0.2) is 0 Å². The molecule has 0 amide bonds. The number of rotatable bonds is 3. The lowest BCUT2D eigenvalue weighted by Gasteiger charge is -2.20. The second kappa shape index (κ2) is 6.23. The third-order valence-electron chi connectivity index (χ3n) is 4.12. The molecule has 1 aliphatic rings. The summed E-state index contributed by atoms with van der Waals surface area (Å²) in [5.74, 6) is 0. The Morgan fingerprint density at radius 1 is 1.05 bits per heavy atom. The van der Waals surface area contributed by atoms with E-state index in [1.54, 1.807) is 0 Å². The van der Waals surface area contributed by atoms with Crippen LogP contribution in [0, 0.1) is 0 Å². The third kappa shape index (κ3) is 2.63. The maximum absolute atomic E-state index is 5.67. The van der Waals surface area contributed by atoms with Gasteiger partial charge in [0.2, 0.25) is 0 Å². The van der Waals surface area contributed by atoms with Crippen LogP contribution in [0.1, 0.15) is 36.9 Å². The van der Waals surface area contributed by atoms with E-state index in [1.165, 1.54) is 48.0 Å². The molecule has 1 aliphatic carbocycles. The molecule has 3 N–H and O–H groups in total. The van der Waals surface area contributed by atoms with Crippen molar-refractivity contribution < 1.29 is 0 Å². The monoisotopic (exact) mass is 269 g/mol. The highest BCUT2D eigenvalue weighted by atomic mass is 14.9. The molecule has 0 spiro atoms. The summed E-state index contributed by atoms with van der Waals surface area (Å²) in [5.41, 5.74) is 10.8. The molecule has 1 aromatic heterocycles. The summed E-state index contributed by atoms with van der Waals surface area (Å²) < 4.78 is 0. The van der Waals surface area contributed by atoms with Crippen LogP contribution in [0.25, 0.3) is 10.9 Å². The van der Waals surface area contributed by atoms with E-state index < -0.39 is 0 Å². The van der Waals surface area contributed by atoms with Gasteiger partial charge in [-0.2, -0.15) is 0 Å². The van der Waals surface area contributed by atoms with E-state index in [0.29, 0.717) is 6.54 Å². The Morgan fingerprint density at radius 2 is 1.85 bits per heavy atom. The van der Waals surface area contributed by atoms with Gasteiger partial charge in [-0.15, -0.1) is 0 Å². The maximum Gasteiger partial charge on any atom is 0.0726 e. The topological polar surface area (TPSA) is 50.9 Å². The van der Waals surface area contributed by atoms with E-state index in [2.05, 4.69) is 29.6 Å². The Balaban J connectivity index is 2.14. The average molecular weight is 269 g/mol. The fourth-order valence-corrected chi connectivity index (χ4v) is 3.13. The lowest BCUT2D eigenvalue weighted by Crippen LogP contribution is -2.16. The van der Waals surface area contributed by atoms with E-state index in [1.807, 2.05) is 0 Å². The zero-order chi connectivity index (χ0) is 13.8. The van der Waals surface area contributed by atoms with Gasteiger partial charge in [0.25, 0.3) is 0 Å². The molecule has 1 aromatic carbocycles. The van der Waals surface area contributed by atoms with Crippen molar-refractivity contribution in [1.82, 2.24) is 4.98 Å². The number of pyridine rings is 1. The number of nitrogens with one attached hydrogen (secondary N) is 1. The van der Waals surface area contributed by atoms with Crippen molar-refractivity contribution in [2.45, 2.75) is 38.5 Å². The van der Waals surface area contributed by atoms with Crippen molar-refractivity contribution in [3.63, 3.8) is 0 Å². The van der Waals surface area contributed by atoms with E-state index in [-0.39, 0.29) is 0 Å². The number of aromatic nitrogens is 1. The van der Waals surface area contributed by atoms with Crippen LogP contribution in [0.15, 0.2) is 24.3 Å². The second-order valence-electron chi connectivity index (χ2n) is 5.56. The molecule has 0 saturated carbocycles. The van der Waals surface area contributed by atoms with Crippen LogP contribution in [-0.4, -0.2) is 18.1 Å². The van der Waals surface area contributed by atoms with Crippen LogP contribution in [0.4, 0.5) is 5.69 Å². The Morgan fingerprint density at radius 3 is 2.70 bits per heavy atom. The predicted octanol–water partition coefficient (Wildman–Crippen LogP) is 3.26. The summed E-state index contributed by atoms with van der Waals surface area (Å²) >= 11 is 0. The lowest BCUT2D eigenvalue weighted by molar-refractivity contribution is 0.611. The molecule has 2 aromatic rings. The maximum atomic E-state index is 5.67. The molecule has 106 valence electrons. The molecule has 3 nitrogen and oxygen atoms in total. The van der Waals surface area contributed by atoms with Crippen molar-refractivity contribution in [3.8, 4) is 0 Å². The Hall–Kier alpha value is -1.61. The minimum atomic E-state index is 0.658. The van der Waals surface area contributed by atoms with E-state index >= 15 is 0 Å². The van der Waals surface area contributed by atoms with Gasteiger partial charge in [0.1, 0.15) is 0 Å². The molecule has 3 heteroatoms. The highest BCUT2D eigenvalue weighted by molar-refractivity contribution is 5.93. The quantitative estimate of drug-likeness (QED) is 0.899. The Bertz CT molecular complexity index is 592. The summed E-state index contributed by atoms with van der Waals surface area (Å²) in [5, 5.41) is 4.79. The highest BCUT2D eigenvalue weighted by Gasteiger charge is 2.15. The average Bonchev–Trinajstić information content (AvgIpc) is 2.45. The van der Waals surface area contributed by atoms with E-state index in [4.69, 9.17) is 10.7 Å². The molecule has 20 heavy (non-hydrogen) atoms. The standard InChI is InChI=1S/C17H23N3/c18-11-12-19-17-13-7-3-1-2-4-9-15(13)20-16-10-6-5-8-14(16)17/h5-6,8,10H,1-4,7,9,11-12,18H2,(H,19,20). The summed E-state index contributed by atoms with van der Waals surface area (Å²) in [6.45, 7) is 1.48. The number of para-hydroxylation sites is 1. The summed E-state index contributed by atoms with van der Waals surface area (Å²) in [6.07, 6.45) is 7.44. The van der Waals surface area contributed by atoms with Crippen molar-refractivity contribution >= 4 is 16.6 Å². The van der Waals surface area contributed by atoms with Gasteiger partial charge in [0.05, 0.1) is 5.52 Å². The number of anilines is 1. The molecular formula is C17H23N3. The summed E-state index contributed by atoms with van der Waals surface area (Å²) in [7, 11) is 0. The van der Waals surface area contributed by atoms with Crippen LogP contribution >= 0.6 is 0 Å². The fraction of sp³-hybridized carbons (Fsp3) is 0.471. The molecular weight excluding hydrogens is 246 g/mol. The first-order chi connectivity index (χ1) is 9.90. The molecule has 1 heterocycles. The van der Waals surface area contributed by atoms with Gasteiger partial charge in [-0.05, 0) is 37.3 Å². The van der Waals surface area contributed by atoms with Gasteiger partial charge in [0, 0.05) is 29.9 Å². The van der Waals surface area contributed by atoms with E-state index in [9.17, 15) is 0 Å². The van der Waals surface area contributed by atoms with Crippen LogP contribution in [0.5, 0.6) is 0 Å². The molecule has 3 rings (SSSR count). The summed E-state index contributed by atoms with van der Waals surface area (Å²) in [6, 6.07) is 8.44. The first-order valence-electron chi connectivity index (χ1n) is 7.74. The molecule has 0 aliphatic heterocycles. The zero-order valence-electron chi connectivity index (χ0n) is 12.0.